The fraction of sp³-hybridized carbons (Fsp3) is 0.259. The van der Waals surface area contributed by atoms with Crippen molar-refractivity contribution in [3.8, 4) is 5.75 Å². The van der Waals surface area contributed by atoms with Crippen molar-refractivity contribution < 1.29 is 14.3 Å². The average Bonchev–Trinajstić information content (AvgIpc) is 2.85. The molecule has 5 nitrogen and oxygen atoms in total. The number of nitrogens with zero attached hydrogens (tertiary/aromatic N) is 1. The topological polar surface area (TPSA) is 58.6 Å². The first-order chi connectivity index (χ1) is 16.5. The predicted molar refractivity (Wildman–Crippen MR) is 136 cm³/mol. The molecule has 0 saturated heterocycles. The standard InChI is InChI=1S/C27H28Cl2N2O3/c1-2-15-30-27(33)24(16-20-9-5-3-6-10-20)31(18-21-11-7-4-8-12-21)26(32)19-34-25-14-13-22(28)17-23(25)29/h3-14,17,24H,2,15-16,18-19H2,1H3,(H,30,33)/t24-/m1/s1. The SMILES string of the molecule is CCCNC(=O)[C@@H](Cc1ccccc1)N(Cc1ccccc1)C(=O)COc1ccc(Cl)cc1Cl. The lowest BCUT2D eigenvalue weighted by atomic mass is 10.0. The Kier molecular flexibility index (Phi) is 9.80. The van der Waals surface area contributed by atoms with E-state index in [9.17, 15) is 9.59 Å². The third-order valence-electron chi connectivity index (χ3n) is 5.26. The van der Waals surface area contributed by atoms with Gasteiger partial charge in [0.15, 0.2) is 6.61 Å². The largest absolute Gasteiger partial charge is 0.482 e. The van der Waals surface area contributed by atoms with Gasteiger partial charge in [-0.2, -0.15) is 0 Å². The Morgan fingerprint density at radius 3 is 2.21 bits per heavy atom. The summed E-state index contributed by atoms with van der Waals surface area (Å²) in [4.78, 5) is 28.3. The maximum absolute atomic E-state index is 13.5. The summed E-state index contributed by atoms with van der Waals surface area (Å²) in [6, 6.07) is 23.4. The minimum absolute atomic E-state index is 0.195. The molecule has 0 fully saturated rings. The first-order valence-electron chi connectivity index (χ1n) is 11.2. The van der Waals surface area contributed by atoms with Crippen molar-refractivity contribution in [1.82, 2.24) is 10.2 Å². The van der Waals surface area contributed by atoms with E-state index >= 15 is 0 Å². The molecule has 34 heavy (non-hydrogen) atoms. The van der Waals surface area contributed by atoms with E-state index in [1.807, 2.05) is 67.6 Å². The highest BCUT2D eigenvalue weighted by atomic mass is 35.5. The molecule has 0 unspecified atom stereocenters. The molecule has 0 aliphatic heterocycles. The predicted octanol–water partition coefficient (Wildman–Crippen LogP) is 5.54. The van der Waals surface area contributed by atoms with Crippen LogP contribution in [0.1, 0.15) is 24.5 Å². The summed E-state index contributed by atoms with van der Waals surface area (Å²) >= 11 is 12.2. The fourth-order valence-electron chi connectivity index (χ4n) is 3.51. The lowest BCUT2D eigenvalue weighted by Crippen LogP contribution is -2.51. The Balaban J connectivity index is 1.87. The Morgan fingerprint density at radius 1 is 0.941 bits per heavy atom. The van der Waals surface area contributed by atoms with Crippen molar-refractivity contribution in [2.24, 2.45) is 0 Å². The summed E-state index contributed by atoms with van der Waals surface area (Å²) < 4.78 is 5.72. The van der Waals surface area contributed by atoms with Crippen LogP contribution in [0.25, 0.3) is 0 Å². The van der Waals surface area contributed by atoms with Crippen molar-refractivity contribution in [3.63, 3.8) is 0 Å². The molecule has 3 aromatic rings. The second-order valence-corrected chi connectivity index (χ2v) is 8.71. The van der Waals surface area contributed by atoms with Crippen molar-refractivity contribution >= 4 is 35.0 Å². The van der Waals surface area contributed by atoms with E-state index in [0.717, 1.165) is 17.5 Å². The van der Waals surface area contributed by atoms with E-state index in [1.165, 1.54) is 0 Å². The van der Waals surface area contributed by atoms with Crippen LogP contribution in [-0.4, -0.2) is 35.9 Å². The number of halogens is 2. The van der Waals surface area contributed by atoms with Gasteiger partial charge in [0, 0.05) is 24.5 Å². The van der Waals surface area contributed by atoms with E-state index < -0.39 is 6.04 Å². The number of hydrogen-bond acceptors (Lipinski definition) is 3. The Hall–Kier alpha value is -3.02. The normalized spacial score (nSPS) is 11.5. The molecular formula is C27H28Cl2N2O3. The highest BCUT2D eigenvalue weighted by Crippen LogP contribution is 2.27. The van der Waals surface area contributed by atoms with Crippen molar-refractivity contribution in [3.05, 3.63) is 100 Å². The molecule has 0 heterocycles. The molecule has 178 valence electrons. The van der Waals surface area contributed by atoms with E-state index in [-0.39, 0.29) is 25.0 Å². The zero-order valence-electron chi connectivity index (χ0n) is 19.0. The number of carbonyl (C=O) groups is 2. The zero-order chi connectivity index (χ0) is 24.3. The molecule has 7 heteroatoms. The van der Waals surface area contributed by atoms with Gasteiger partial charge < -0.3 is 15.0 Å². The quantitative estimate of drug-likeness (QED) is 0.377. The molecule has 1 atom stereocenters. The molecule has 0 radical (unpaired) electrons. The molecule has 3 rings (SSSR count). The summed E-state index contributed by atoms with van der Waals surface area (Å²) in [5.41, 5.74) is 1.88. The van der Waals surface area contributed by atoms with E-state index in [2.05, 4.69) is 5.32 Å². The maximum atomic E-state index is 13.5. The first kappa shape index (κ1) is 25.6. The first-order valence-corrected chi connectivity index (χ1v) is 12.0. The Morgan fingerprint density at radius 2 is 1.59 bits per heavy atom. The summed E-state index contributed by atoms with van der Waals surface area (Å²) in [5.74, 6) is -0.156. The molecule has 3 aromatic carbocycles. The van der Waals surface area contributed by atoms with Crippen molar-refractivity contribution in [2.45, 2.75) is 32.4 Å². The molecule has 0 bridgehead atoms. The van der Waals surface area contributed by atoms with Gasteiger partial charge in [-0.1, -0.05) is 90.8 Å². The monoisotopic (exact) mass is 498 g/mol. The van der Waals surface area contributed by atoms with Gasteiger partial charge in [0.05, 0.1) is 5.02 Å². The van der Waals surface area contributed by atoms with Gasteiger partial charge in [-0.3, -0.25) is 9.59 Å². The molecular weight excluding hydrogens is 471 g/mol. The molecule has 1 N–H and O–H groups in total. The van der Waals surface area contributed by atoms with E-state index in [1.54, 1.807) is 23.1 Å². The maximum Gasteiger partial charge on any atom is 0.261 e. The van der Waals surface area contributed by atoms with E-state index in [0.29, 0.717) is 28.8 Å². The van der Waals surface area contributed by atoms with Crippen LogP contribution in [0, 0.1) is 0 Å². The minimum Gasteiger partial charge on any atom is -0.482 e. The van der Waals surface area contributed by atoms with Gasteiger partial charge in [-0.25, -0.2) is 0 Å². The smallest absolute Gasteiger partial charge is 0.261 e. The molecule has 2 amide bonds. The van der Waals surface area contributed by atoms with Gasteiger partial charge in [0.1, 0.15) is 11.8 Å². The van der Waals surface area contributed by atoms with Gasteiger partial charge in [0.2, 0.25) is 5.91 Å². The number of amides is 2. The second kappa shape index (κ2) is 13.0. The molecule has 0 aliphatic rings. The molecule has 0 aromatic heterocycles. The van der Waals surface area contributed by atoms with Gasteiger partial charge >= 0.3 is 0 Å². The second-order valence-electron chi connectivity index (χ2n) is 7.87. The van der Waals surface area contributed by atoms with Gasteiger partial charge in [-0.15, -0.1) is 0 Å². The molecule has 0 spiro atoms. The number of benzene rings is 3. The number of carbonyl (C=O) groups excluding carboxylic acids is 2. The molecule has 0 aliphatic carbocycles. The summed E-state index contributed by atoms with van der Waals surface area (Å²) in [7, 11) is 0. The van der Waals surface area contributed by atoms with Crippen LogP contribution in [0.5, 0.6) is 5.75 Å². The third kappa shape index (κ3) is 7.51. The summed E-state index contributed by atoms with van der Waals surface area (Å²) in [6.45, 7) is 2.53. The number of rotatable bonds is 11. The average molecular weight is 499 g/mol. The molecule has 0 saturated carbocycles. The fourth-order valence-corrected chi connectivity index (χ4v) is 3.98. The number of ether oxygens (including phenoxy) is 1. The van der Waals surface area contributed by atoms with Crippen LogP contribution < -0.4 is 10.1 Å². The van der Waals surface area contributed by atoms with Gasteiger partial charge in [0.25, 0.3) is 5.91 Å². The zero-order valence-corrected chi connectivity index (χ0v) is 20.6. The van der Waals surface area contributed by atoms with Crippen molar-refractivity contribution in [2.75, 3.05) is 13.2 Å². The summed E-state index contributed by atoms with van der Waals surface area (Å²) in [6.07, 6.45) is 1.19. The highest BCUT2D eigenvalue weighted by molar-refractivity contribution is 6.35. The van der Waals surface area contributed by atoms with Crippen molar-refractivity contribution in [1.29, 1.82) is 0 Å². The van der Waals surface area contributed by atoms with Crippen LogP contribution in [-0.2, 0) is 22.6 Å². The lowest BCUT2D eigenvalue weighted by molar-refractivity contribution is -0.142. The van der Waals surface area contributed by atoms with Crippen LogP contribution >= 0.6 is 23.2 Å². The van der Waals surface area contributed by atoms with Gasteiger partial charge in [-0.05, 0) is 35.7 Å². The minimum atomic E-state index is -0.703. The number of nitrogens with one attached hydrogen (secondary N) is 1. The Labute approximate surface area is 210 Å². The van der Waals surface area contributed by atoms with Crippen LogP contribution in [0.3, 0.4) is 0 Å². The summed E-state index contributed by atoms with van der Waals surface area (Å²) in [5, 5.41) is 3.75. The van der Waals surface area contributed by atoms with Crippen LogP contribution in [0.2, 0.25) is 10.0 Å². The number of hydrogen-bond donors (Lipinski definition) is 1. The highest BCUT2D eigenvalue weighted by Gasteiger charge is 2.30. The Bertz CT molecular complexity index is 1080. The van der Waals surface area contributed by atoms with E-state index in [4.69, 9.17) is 27.9 Å². The van der Waals surface area contributed by atoms with Crippen LogP contribution in [0.4, 0.5) is 0 Å². The van der Waals surface area contributed by atoms with Crippen LogP contribution in [0.15, 0.2) is 78.9 Å². The third-order valence-corrected chi connectivity index (χ3v) is 5.79. The lowest BCUT2D eigenvalue weighted by Gasteiger charge is -2.31.